The number of carbonyl (C=O) groups is 4. The summed E-state index contributed by atoms with van der Waals surface area (Å²) in [6.45, 7) is 7.97. The average molecular weight is 486 g/mol. The number of hydrogen-bond acceptors (Lipinski definition) is 8. The summed E-state index contributed by atoms with van der Waals surface area (Å²) in [4.78, 5) is 56.3. The van der Waals surface area contributed by atoms with Crippen molar-refractivity contribution in [1.29, 1.82) is 0 Å². The molecule has 0 aromatic carbocycles. The minimum absolute atomic E-state index is 0.0748. The highest BCUT2D eigenvalue weighted by atomic mass is 16.4. The number of amides is 1. The van der Waals surface area contributed by atoms with E-state index in [4.69, 9.17) is 6.57 Å². The molecule has 0 aromatic rings. The van der Waals surface area contributed by atoms with Crippen molar-refractivity contribution in [3.05, 3.63) is 10.4 Å². The fourth-order valence-corrected chi connectivity index (χ4v) is 3.48. The van der Waals surface area contributed by atoms with Gasteiger partial charge in [-0.3, -0.25) is 38.8 Å². The highest BCUT2D eigenvalue weighted by Gasteiger charge is 2.20. The van der Waals surface area contributed by atoms with E-state index in [1.54, 1.807) is 14.7 Å². The maximum Gasteiger partial charge on any atom is 0.317 e. The molecule has 1 saturated heterocycles. The number of nitrogens with one attached hydrogen (secondary N) is 1. The van der Waals surface area contributed by atoms with Gasteiger partial charge in [-0.2, -0.15) is 0 Å². The van der Waals surface area contributed by atoms with Gasteiger partial charge in [-0.25, -0.2) is 0 Å². The SMILES string of the molecule is C#[N+][N-]CCCNC(=O)CN1CCN(CC(=O)O)CCN(CC(=O)O)CCN(CC(=O)O)CC1. The average Bonchev–Trinajstić information content (AvgIpc) is 2.74. The predicted molar refractivity (Wildman–Crippen MR) is 123 cm³/mol. The Morgan fingerprint density at radius 3 is 1.38 bits per heavy atom. The van der Waals surface area contributed by atoms with Crippen molar-refractivity contribution in [3.63, 3.8) is 0 Å². The minimum Gasteiger partial charge on any atom is -0.480 e. The van der Waals surface area contributed by atoms with Crippen LogP contribution in [0.2, 0.25) is 0 Å². The van der Waals surface area contributed by atoms with E-state index in [1.165, 1.54) is 0 Å². The van der Waals surface area contributed by atoms with Crippen molar-refractivity contribution in [2.24, 2.45) is 0 Å². The zero-order valence-electron chi connectivity index (χ0n) is 19.3. The zero-order chi connectivity index (χ0) is 25.3. The Balaban J connectivity index is 2.83. The summed E-state index contributed by atoms with van der Waals surface area (Å²) >= 11 is 0. The summed E-state index contributed by atoms with van der Waals surface area (Å²) in [7, 11) is 0. The second-order valence-electron chi connectivity index (χ2n) is 7.97. The van der Waals surface area contributed by atoms with E-state index < -0.39 is 17.9 Å². The first kappa shape index (κ1) is 29.0. The Morgan fingerprint density at radius 2 is 1.06 bits per heavy atom. The molecule has 0 aromatic heterocycles. The Morgan fingerprint density at radius 1 is 0.706 bits per heavy atom. The summed E-state index contributed by atoms with van der Waals surface area (Å²) in [6, 6.07) is 0. The molecule has 192 valence electrons. The van der Waals surface area contributed by atoms with Crippen LogP contribution in [0.5, 0.6) is 0 Å². The third kappa shape index (κ3) is 14.2. The molecular weight excluding hydrogens is 450 g/mol. The van der Waals surface area contributed by atoms with E-state index >= 15 is 0 Å². The Bertz CT molecular complexity index is 684. The molecule has 14 nitrogen and oxygen atoms in total. The lowest BCUT2D eigenvalue weighted by Crippen LogP contribution is -2.49. The van der Waals surface area contributed by atoms with Crippen LogP contribution in [0.1, 0.15) is 6.42 Å². The molecule has 14 heteroatoms. The van der Waals surface area contributed by atoms with Crippen LogP contribution in [0.4, 0.5) is 0 Å². The van der Waals surface area contributed by atoms with Gasteiger partial charge in [0.1, 0.15) is 0 Å². The Labute approximate surface area is 198 Å². The first-order valence-electron chi connectivity index (χ1n) is 11.1. The van der Waals surface area contributed by atoms with Crippen molar-refractivity contribution in [2.45, 2.75) is 6.42 Å². The number of carboxylic acid groups (broad SMARTS) is 3. The summed E-state index contributed by atoms with van der Waals surface area (Å²) in [6.07, 6.45) is 0.581. The molecule has 1 rings (SSSR count). The van der Waals surface area contributed by atoms with Crippen molar-refractivity contribution in [2.75, 3.05) is 91.6 Å². The largest absolute Gasteiger partial charge is 0.480 e. The quantitative estimate of drug-likeness (QED) is 0.182. The molecule has 0 unspecified atom stereocenters. The van der Waals surface area contributed by atoms with Gasteiger partial charge in [-0.1, -0.05) is 6.54 Å². The van der Waals surface area contributed by atoms with E-state index in [0.717, 1.165) is 0 Å². The highest BCUT2D eigenvalue weighted by molar-refractivity contribution is 5.78. The molecule has 1 heterocycles. The maximum absolute atomic E-state index is 12.4. The predicted octanol–water partition coefficient (Wildman–Crippen LogP) is -1.78. The molecule has 0 aliphatic carbocycles. The summed E-state index contributed by atoms with van der Waals surface area (Å²) in [5.41, 5.74) is 3.63. The van der Waals surface area contributed by atoms with Gasteiger partial charge in [0.15, 0.2) is 0 Å². The molecule has 0 bridgehead atoms. The molecule has 0 spiro atoms. The van der Waals surface area contributed by atoms with Crippen LogP contribution in [0, 0.1) is 6.57 Å². The fourth-order valence-electron chi connectivity index (χ4n) is 3.48. The molecule has 1 fully saturated rings. The molecule has 1 aliphatic heterocycles. The molecule has 0 atom stereocenters. The van der Waals surface area contributed by atoms with Crippen LogP contribution in [0.3, 0.4) is 0 Å². The van der Waals surface area contributed by atoms with Crippen LogP contribution in [-0.2, 0) is 19.2 Å². The Hall–Kier alpha value is -2.99. The van der Waals surface area contributed by atoms with E-state index in [0.29, 0.717) is 71.9 Å². The third-order valence-corrected chi connectivity index (χ3v) is 5.21. The van der Waals surface area contributed by atoms with E-state index in [9.17, 15) is 34.5 Å². The number of hydrogen-bond donors (Lipinski definition) is 4. The standard InChI is InChI=1S/C20H35N7O7/c1-21-23-4-2-3-22-17(28)13-24-5-7-25(14-18(29)30)9-11-27(16-20(33)34)12-10-26(8-6-24)15-19(31)32/h1H,2-16H2,(H,22,28)(H,29,30)(H,31,32)(H,33,34). The first-order chi connectivity index (χ1) is 16.2. The van der Waals surface area contributed by atoms with Crippen LogP contribution >= 0.6 is 0 Å². The monoisotopic (exact) mass is 485 g/mol. The number of rotatable bonds is 12. The van der Waals surface area contributed by atoms with E-state index in [2.05, 4.69) is 15.7 Å². The van der Waals surface area contributed by atoms with Crippen LogP contribution in [-0.4, -0.2) is 150 Å². The second-order valence-corrected chi connectivity index (χ2v) is 7.97. The van der Waals surface area contributed by atoms with Crippen LogP contribution in [0.15, 0.2) is 0 Å². The molecule has 4 N–H and O–H groups in total. The minimum atomic E-state index is -1.01. The Kier molecular flexibility index (Phi) is 14.2. The number of nitrogens with zero attached hydrogens (tertiary/aromatic N) is 6. The molecule has 34 heavy (non-hydrogen) atoms. The van der Waals surface area contributed by atoms with Gasteiger partial charge in [-0.15, -0.1) is 4.95 Å². The fraction of sp³-hybridized carbons (Fsp3) is 0.750. The maximum atomic E-state index is 12.4. The van der Waals surface area contributed by atoms with Gasteiger partial charge in [0.25, 0.3) is 6.57 Å². The normalized spacial score (nSPS) is 17.6. The summed E-state index contributed by atoms with van der Waals surface area (Å²) in [5.74, 6) is -3.21. The lowest BCUT2D eigenvalue weighted by Gasteiger charge is -2.32. The lowest BCUT2D eigenvalue weighted by molar-refractivity contribution is -0.140. The molecular formula is C20H35N7O7. The number of carbonyl (C=O) groups excluding carboxylic acids is 1. The van der Waals surface area contributed by atoms with E-state index in [-0.39, 0.29) is 32.1 Å². The van der Waals surface area contributed by atoms with Crippen molar-refractivity contribution < 1.29 is 34.5 Å². The van der Waals surface area contributed by atoms with E-state index in [1.807, 2.05) is 4.90 Å². The van der Waals surface area contributed by atoms with Gasteiger partial charge in [0, 0.05) is 58.9 Å². The molecule has 1 amide bonds. The zero-order valence-corrected chi connectivity index (χ0v) is 19.3. The summed E-state index contributed by atoms with van der Waals surface area (Å²) in [5, 5.41) is 30.5. The van der Waals surface area contributed by atoms with Gasteiger partial charge >= 0.3 is 17.9 Å². The van der Waals surface area contributed by atoms with Crippen LogP contribution < -0.4 is 5.32 Å². The van der Waals surface area contributed by atoms with Crippen LogP contribution in [0.25, 0.3) is 10.4 Å². The summed E-state index contributed by atoms with van der Waals surface area (Å²) < 4.78 is 0. The lowest BCUT2D eigenvalue weighted by atomic mass is 10.3. The van der Waals surface area contributed by atoms with Crippen molar-refractivity contribution in [3.8, 4) is 6.57 Å². The van der Waals surface area contributed by atoms with Gasteiger partial charge < -0.3 is 26.1 Å². The molecule has 1 aliphatic rings. The highest BCUT2D eigenvalue weighted by Crippen LogP contribution is 2.01. The van der Waals surface area contributed by atoms with Crippen molar-refractivity contribution in [1.82, 2.24) is 24.9 Å². The molecule has 0 radical (unpaired) electrons. The van der Waals surface area contributed by atoms with Gasteiger partial charge in [0.05, 0.1) is 26.2 Å². The van der Waals surface area contributed by atoms with Gasteiger partial charge in [-0.05, 0) is 6.42 Å². The topological polar surface area (TPSA) is 172 Å². The number of carboxylic acids is 3. The molecule has 0 saturated carbocycles. The second kappa shape index (κ2) is 16.6. The van der Waals surface area contributed by atoms with Crippen molar-refractivity contribution >= 4 is 23.8 Å². The first-order valence-corrected chi connectivity index (χ1v) is 11.1. The third-order valence-electron chi connectivity index (χ3n) is 5.21. The number of aliphatic carboxylic acids is 3. The smallest absolute Gasteiger partial charge is 0.317 e. The van der Waals surface area contributed by atoms with Gasteiger partial charge in [0.2, 0.25) is 5.91 Å².